The van der Waals surface area contributed by atoms with Crippen LogP contribution in [0.15, 0.2) is 6.20 Å². The number of nitrogens with one attached hydrogen (secondary N) is 1. The van der Waals surface area contributed by atoms with Gasteiger partial charge in [-0.25, -0.2) is 14.0 Å². The summed E-state index contributed by atoms with van der Waals surface area (Å²) in [6, 6.07) is 0.314. The maximum absolute atomic E-state index is 13.3. The molecule has 1 aromatic rings. The number of carbonyl (C=O) groups is 2. The minimum Gasteiger partial charge on any atom is -0.481 e. The maximum Gasteiger partial charge on any atom is 0.324 e. The second kappa shape index (κ2) is 11.2. The number of aromatic nitrogens is 1. The molecule has 3 N–H and O–H groups in total. The van der Waals surface area contributed by atoms with Gasteiger partial charge in [0.25, 0.3) is 11.3 Å². The molecule has 9 nitrogen and oxygen atoms in total. The number of nitrogens with zero attached hydrogens (tertiary/aromatic N) is 3. The van der Waals surface area contributed by atoms with Crippen LogP contribution in [0.5, 0.6) is 0 Å². The van der Waals surface area contributed by atoms with E-state index in [0.717, 1.165) is 67.0 Å². The van der Waals surface area contributed by atoms with Crippen LogP contribution in [0, 0.1) is 5.92 Å². The first kappa shape index (κ1) is 23.9. The van der Waals surface area contributed by atoms with Crippen molar-refractivity contribution in [2.24, 2.45) is 5.92 Å². The van der Waals surface area contributed by atoms with E-state index in [9.17, 15) is 18.4 Å². The van der Waals surface area contributed by atoms with E-state index in [0.29, 0.717) is 16.1 Å². The molecule has 11 heteroatoms. The van der Waals surface area contributed by atoms with E-state index in [2.05, 4.69) is 17.2 Å². The fourth-order valence-electron chi connectivity index (χ4n) is 4.57. The summed E-state index contributed by atoms with van der Waals surface area (Å²) in [4.78, 5) is 30.4. The highest BCUT2D eigenvalue weighted by Crippen LogP contribution is 2.34. The van der Waals surface area contributed by atoms with Crippen LogP contribution in [0.2, 0.25) is 0 Å². The summed E-state index contributed by atoms with van der Waals surface area (Å²) < 4.78 is 22.2. The first-order valence-corrected chi connectivity index (χ1v) is 12.9. The molecule has 2 aliphatic rings. The molecule has 1 heterocycles. The number of hydrogen-bond acceptors (Lipinski definition) is 5. The summed E-state index contributed by atoms with van der Waals surface area (Å²) in [5.41, 5.74) is 0. The van der Waals surface area contributed by atoms with Gasteiger partial charge in [-0.1, -0.05) is 37.5 Å². The Morgan fingerprint density at radius 1 is 1.16 bits per heavy atom. The van der Waals surface area contributed by atoms with Crippen LogP contribution in [0.3, 0.4) is 0 Å². The van der Waals surface area contributed by atoms with Gasteiger partial charge in [0.2, 0.25) is 0 Å². The van der Waals surface area contributed by atoms with Gasteiger partial charge < -0.3 is 10.0 Å². The SMILES string of the molecule is CC1CCC(N(C(=O)Nc2ncc(N(CCC(=O)O)S(=O)O)s2)C2CCCCC2)CC1. The smallest absolute Gasteiger partial charge is 0.324 e. The van der Waals surface area contributed by atoms with Crippen LogP contribution in [0.4, 0.5) is 14.9 Å². The number of hydrogen-bond donors (Lipinski definition) is 3. The normalized spacial score (nSPS) is 23.2. The molecule has 1 unspecified atom stereocenters. The van der Waals surface area contributed by atoms with Gasteiger partial charge in [-0.15, -0.1) is 0 Å². The third-order valence-corrected chi connectivity index (χ3v) is 8.06. The summed E-state index contributed by atoms with van der Waals surface area (Å²) in [5, 5.41) is 12.4. The number of amides is 2. The highest BCUT2D eigenvalue weighted by Gasteiger charge is 2.34. The van der Waals surface area contributed by atoms with Crippen molar-refractivity contribution in [1.29, 1.82) is 0 Å². The fourth-order valence-corrected chi connectivity index (χ4v) is 6.06. The van der Waals surface area contributed by atoms with E-state index in [1.807, 2.05) is 4.90 Å². The van der Waals surface area contributed by atoms with Gasteiger partial charge in [-0.2, -0.15) is 0 Å². The quantitative estimate of drug-likeness (QED) is 0.485. The van der Waals surface area contributed by atoms with Crippen molar-refractivity contribution >= 4 is 44.7 Å². The van der Waals surface area contributed by atoms with Crippen LogP contribution < -0.4 is 9.62 Å². The topological polar surface area (TPSA) is 123 Å². The minimum atomic E-state index is -2.37. The molecule has 2 fully saturated rings. The Balaban J connectivity index is 1.70. The van der Waals surface area contributed by atoms with Gasteiger partial charge in [0.15, 0.2) is 5.13 Å². The standard InChI is InChI=1S/C20H32N4O5S2/c1-14-7-9-16(10-8-14)24(15-5-3-2-4-6-15)20(27)22-19-21-13-17(30-19)23(31(28)29)12-11-18(25)26/h13-16H,2-12H2,1H3,(H,25,26)(H,28,29)(H,21,22,27). The molecule has 2 saturated carbocycles. The van der Waals surface area contributed by atoms with Crippen molar-refractivity contribution in [3.8, 4) is 0 Å². The number of rotatable bonds is 8. The average Bonchev–Trinajstić information content (AvgIpc) is 3.18. The van der Waals surface area contributed by atoms with Crippen LogP contribution >= 0.6 is 11.3 Å². The van der Waals surface area contributed by atoms with Crippen molar-refractivity contribution < 1.29 is 23.5 Å². The Bertz CT molecular complexity index is 775. The molecule has 174 valence electrons. The number of anilines is 2. The molecule has 0 radical (unpaired) electrons. The number of thiazole rings is 1. The van der Waals surface area contributed by atoms with Crippen molar-refractivity contribution in [1.82, 2.24) is 9.88 Å². The van der Waals surface area contributed by atoms with Crippen LogP contribution in [0.25, 0.3) is 0 Å². The molecule has 1 aromatic heterocycles. The summed E-state index contributed by atoms with van der Waals surface area (Å²) in [5.74, 6) is -0.358. The Hall–Kier alpha value is -1.72. The van der Waals surface area contributed by atoms with E-state index >= 15 is 0 Å². The number of carboxylic acids is 1. The van der Waals surface area contributed by atoms with E-state index in [1.54, 1.807) is 0 Å². The second-order valence-electron chi connectivity index (χ2n) is 8.52. The Morgan fingerprint density at radius 2 is 1.81 bits per heavy atom. The summed E-state index contributed by atoms with van der Waals surface area (Å²) in [7, 11) is 0. The van der Waals surface area contributed by atoms with E-state index in [1.165, 1.54) is 12.6 Å². The molecular weight excluding hydrogens is 440 g/mol. The van der Waals surface area contributed by atoms with Gasteiger partial charge in [0, 0.05) is 18.6 Å². The van der Waals surface area contributed by atoms with E-state index in [4.69, 9.17) is 5.11 Å². The first-order chi connectivity index (χ1) is 14.8. The molecular formula is C20H32N4O5S2. The van der Waals surface area contributed by atoms with Crippen molar-refractivity contribution in [2.75, 3.05) is 16.2 Å². The first-order valence-electron chi connectivity index (χ1n) is 11.0. The van der Waals surface area contributed by atoms with Crippen LogP contribution in [0.1, 0.15) is 71.1 Å². The molecule has 1 atom stereocenters. The fraction of sp³-hybridized carbons (Fsp3) is 0.750. The third kappa shape index (κ3) is 6.63. The minimum absolute atomic E-state index is 0.123. The molecule has 0 spiro atoms. The van der Waals surface area contributed by atoms with Crippen molar-refractivity contribution in [3.05, 3.63) is 6.20 Å². The Kier molecular flexibility index (Phi) is 8.67. The predicted molar refractivity (Wildman–Crippen MR) is 122 cm³/mol. The highest BCUT2D eigenvalue weighted by atomic mass is 32.2. The number of aliphatic carboxylic acids is 1. The van der Waals surface area contributed by atoms with Crippen molar-refractivity contribution in [2.45, 2.75) is 83.2 Å². The third-order valence-electron chi connectivity index (χ3n) is 6.25. The average molecular weight is 473 g/mol. The lowest BCUT2D eigenvalue weighted by molar-refractivity contribution is -0.136. The largest absolute Gasteiger partial charge is 0.481 e. The molecule has 31 heavy (non-hydrogen) atoms. The van der Waals surface area contributed by atoms with Crippen LogP contribution in [-0.2, 0) is 16.1 Å². The molecule has 0 aromatic carbocycles. The van der Waals surface area contributed by atoms with Crippen molar-refractivity contribution in [3.63, 3.8) is 0 Å². The Morgan fingerprint density at radius 3 is 2.42 bits per heavy atom. The molecule has 0 bridgehead atoms. The Labute approximate surface area is 189 Å². The predicted octanol–water partition coefficient (Wildman–Crippen LogP) is 4.31. The van der Waals surface area contributed by atoms with E-state index < -0.39 is 17.2 Å². The lowest BCUT2D eigenvalue weighted by atomic mass is 9.84. The maximum atomic E-state index is 13.3. The highest BCUT2D eigenvalue weighted by molar-refractivity contribution is 7.81. The van der Waals surface area contributed by atoms with Gasteiger partial charge in [0.05, 0.1) is 12.6 Å². The van der Waals surface area contributed by atoms with Gasteiger partial charge in [-0.3, -0.25) is 19.0 Å². The van der Waals surface area contributed by atoms with Gasteiger partial charge in [0.1, 0.15) is 5.00 Å². The zero-order chi connectivity index (χ0) is 22.4. The molecule has 3 rings (SSSR count). The number of carboxylic acid groups (broad SMARTS) is 1. The summed E-state index contributed by atoms with van der Waals surface area (Å²) in [6.07, 6.45) is 10.9. The summed E-state index contributed by atoms with van der Waals surface area (Å²) >= 11 is -1.30. The molecule has 2 amide bonds. The lowest BCUT2D eigenvalue weighted by Crippen LogP contribution is -2.51. The van der Waals surface area contributed by atoms with Crippen LogP contribution in [-0.4, -0.2) is 54.4 Å². The summed E-state index contributed by atoms with van der Waals surface area (Å²) in [6.45, 7) is 2.14. The van der Waals surface area contributed by atoms with Gasteiger partial charge in [-0.05, 0) is 44.4 Å². The molecule has 0 saturated heterocycles. The number of carbonyl (C=O) groups excluding carboxylic acids is 1. The monoisotopic (exact) mass is 472 g/mol. The number of urea groups is 1. The molecule has 2 aliphatic carbocycles. The lowest BCUT2D eigenvalue weighted by Gasteiger charge is -2.42. The molecule has 0 aliphatic heterocycles. The second-order valence-corrected chi connectivity index (χ2v) is 10.4. The van der Waals surface area contributed by atoms with E-state index in [-0.39, 0.29) is 31.1 Å². The zero-order valence-corrected chi connectivity index (χ0v) is 19.5. The zero-order valence-electron chi connectivity index (χ0n) is 17.9. The van der Waals surface area contributed by atoms with Gasteiger partial charge >= 0.3 is 12.0 Å².